The van der Waals surface area contributed by atoms with Crippen molar-refractivity contribution in [2.75, 3.05) is 24.6 Å². The summed E-state index contributed by atoms with van der Waals surface area (Å²) in [6.45, 7) is 4.21. The Hall–Kier alpha value is -1.82. The Labute approximate surface area is 86.5 Å². The van der Waals surface area contributed by atoms with Gasteiger partial charge < -0.3 is 19.5 Å². The lowest BCUT2D eigenvalue weighted by atomic mass is 10.5. The number of anilines is 1. The summed E-state index contributed by atoms with van der Waals surface area (Å²) in [5.41, 5.74) is -0.156. The lowest BCUT2D eigenvalue weighted by Gasteiger charge is -2.16. The molecule has 1 aromatic heterocycles. The standard InChI is InChI=1S/C9H12N2O4/c1-2-3-11(4-5-12)9-10-7(6-15-9)8(13)14/h2,6,12H,1,3-5H2,(H,13,14). The van der Waals surface area contributed by atoms with Gasteiger partial charge in [0.25, 0.3) is 6.01 Å². The maximum atomic E-state index is 10.5. The molecule has 0 radical (unpaired) electrons. The summed E-state index contributed by atoms with van der Waals surface area (Å²) < 4.78 is 4.97. The van der Waals surface area contributed by atoms with Crippen molar-refractivity contribution in [2.45, 2.75) is 0 Å². The third kappa shape index (κ3) is 2.81. The van der Waals surface area contributed by atoms with E-state index in [-0.39, 0.29) is 18.3 Å². The first-order chi connectivity index (χ1) is 7.19. The fraction of sp³-hybridized carbons (Fsp3) is 0.333. The Balaban J connectivity index is 2.80. The van der Waals surface area contributed by atoms with Gasteiger partial charge in [-0.15, -0.1) is 6.58 Å². The molecule has 1 aromatic rings. The smallest absolute Gasteiger partial charge is 0.357 e. The van der Waals surface area contributed by atoms with Crippen molar-refractivity contribution in [3.05, 3.63) is 24.6 Å². The van der Waals surface area contributed by atoms with Crippen LogP contribution in [0.3, 0.4) is 0 Å². The van der Waals surface area contributed by atoms with Gasteiger partial charge in [0.1, 0.15) is 6.26 Å². The predicted molar refractivity (Wildman–Crippen MR) is 53.0 cm³/mol. The molecule has 0 aliphatic rings. The SMILES string of the molecule is C=CCN(CCO)c1nc(C(=O)O)co1. The van der Waals surface area contributed by atoms with Crippen LogP contribution in [-0.2, 0) is 0 Å². The molecule has 6 nitrogen and oxygen atoms in total. The first kappa shape index (κ1) is 11.3. The predicted octanol–water partition coefficient (Wildman–Crippen LogP) is 0.357. The molecule has 0 aromatic carbocycles. The van der Waals surface area contributed by atoms with Crippen molar-refractivity contribution in [1.82, 2.24) is 4.98 Å². The number of aliphatic hydroxyl groups is 1. The average Bonchev–Trinajstić information content (AvgIpc) is 2.66. The molecule has 0 saturated heterocycles. The van der Waals surface area contributed by atoms with E-state index in [0.29, 0.717) is 13.1 Å². The molecule has 0 amide bonds. The van der Waals surface area contributed by atoms with E-state index in [9.17, 15) is 4.79 Å². The zero-order chi connectivity index (χ0) is 11.3. The highest BCUT2D eigenvalue weighted by Crippen LogP contribution is 2.13. The second-order valence-electron chi connectivity index (χ2n) is 2.78. The number of carbonyl (C=O) groups is 1. The molecule has 1 rings (SSSR count). The van der Waals surface area contributed by atoms with Crippen molar-refractivity contribution in [3.8, 4) is 0 Å². The van der Waals surface area contributed by atoms with Crippen molar-refractivity contribution in [3.63, 3.8) is 0 Å². The minimum Gasteiger partial charge on any atom is -0.476 e. The van der Waals surface area contributed by atoms with Crippen LogP contribution in [0.1, 0.15) is 10.5 Å². The molecular formula is C9H12N2O4. The fourth-order valence-corrected chi connectivity index (χ4v) is 1.05. The summed E-state index contributed by atoms with van der Waals surface area (Å²) in [7, 11) is 0. The Morgan fingerprint density at radius 3 is 2.93 bits per heavy atom. The molecule has 0 saturated carbocycles. The summed E-state index contributed by atoms with van der Waals surface area (Å²) in [6, 6.07) is 0.168. The van der Waals surface area contributed by atoms with Gasteiger partial charge in [0, 0.05) is 13.1 Å². The number of rotatable bonds is 6. The van der Waals surface area contributed by atoms with Crippen molar-refractivity contribution in [1.29, 1.82) is 0 Å². The van der Waals surface area contributed by atoms with Crippen LogP contribution in [0.5, 0.6) is 0 Å². The summed E-state index contributed by atoms with van der Waals surface area (Å²) >= 11 is 0. The van der Waals surface area contributed by atoms with Gasteiger partial charge in [-0.05, 0) is 0 Å². The van der Waals surface area contributed by atoms with Gasteiger partial charge in [0.15, 0.2) is 5.69 Å². The fourth-order valence-electron chi connectivity index (χ4n) is 1.05. The molecule has 0 fully saturated rings. The summed E-state index contributed by atoms with van der Waals surface area (Å²) in [5.74, 6) is -1.15. The summed E-state index contributed by atoms with van der Waals surface area (Å²) in [6.07, 6.45) is 2.67. The molecule has 0 aliphatic carbocycles. The van der Waals surface area contributed by atoms with E-state index in [1.165, 1.54) is 0 Å². The second-order valence-corrected chi connectivity index (χ2v) is 2.78. The van der Waals surface area contributed by atoms with E-state index < -0.39 is 5.97 Å². The van der Waals surface area contributed by atoms with Crippen LogP contribution in [0, 0.1) is 0 Å². The molecule has 6 heteroatoms. The number of aliphatic hydroxyl groups excluding tert-OH is 1. The van der Waals surface area contributed by atoms with E-state index in [2.05, 4.69) is 11.6 Å². The van der Waals surface area contributed by atoms with Crippen LogP contribution >= 0.6 is 0 Å². The largest absolute Gasteiger partial charge is 0.476 e. The van der Waals surface area contributed by atoms with Crippen LogP contribution in [0.25, 0.3) is 0 Å². The maximum absolute atomic E-state index is 10.5. The minimum atomic E-state index is -1.15. The van der Waals surface area contributed by atoms with E-state index in [0.717, 1.165) is 6.26 Å². The summed E-state index contributed by atoms with van der Waals surface area (Å²) in [4.78, 5) is 15.9. The van der Waals surface area contributed by atoms with Crippen LogP contribution < -0.4 is 4.90 Å². The normalized spacial score (nSPS) is 9.93. The third-order valence-electron chi connectivity index (χ3n) is 1.70. The molecule has 0 unspecified atom stereocenters. The number of carboxylic acids is 1. The third-order valence-corrected chi connectivity index (χ3v) is 1.70. The Morgan fingerprint density at radius 2 is 2.47 bits per heavy atom. The lowest BCUT2D eigenvalue weighted by molar-refractivity contribution is 0.0690. The monoisotopic (exact) mass is 212 g/mol. The van der Waals surface area contributed by atoms with E-state index in [1.807, 2.05) is 0 Å². The molecule has 15 heavy (non-hydrogen) atoms. The molecule has 0 aliphatic heterocycles. The number of aromatic carboxylic acids is 1. The Kier molecular flexibility index (Phi) is 3.87. The second kappa shape index (κ2) is 5.16. The first-order valence-corrected chi connectivity index (χ1v) is 4.34. The molecular weight excluding hydrogens is 200 g/mol. The van der Waals surface area contributed by atoms with Gasteiger partial charge in [0.05, 0.1) is 6.61 Å². The highest BCUT2D eigenvalue weighted by molar-refractivity contribution is 5.85. The van der Waals surface area contributed by atoms with Gasteiger partial charge in [-0.2, -0.15) is 4.98 Å². The average molecular weight is 212 g/mol. The minimum absolute atomic E-state index is 0.0708. The molecule has 0 spiro atoms. The van der Waals surface area contributed by atoms with Crippen molar-refractivity contribution >= 4 is 12.0 Å². The number of hydrogen-bond donors (Lipinski definition) is 2. The van der Waals surface area contributed by atoms with E-state index in [1.54, 1.807) is 11.0 Å². The Bertz CT molecular complexity index is 348. The number of aromatic nitrogens is 1. The van der Waals surface area contributed by atoms with E-state index >= 15 is 0 Å². The highest BCUT2D eigenvalue weighted by atomic mass is 16.4. The van der Waals surface area contributed by atoms with Crippen LogP contribution in [0.15, 0.2) is 23.3 Å². The maximum Gasteiger partial charge on any atom is 0.357 e. The zero-order valence-corrected chi connectivity index (χ0v) is 8.09. The van der Waals surface area contributed by atoms with Gasteiger partial charge in [-0.3, -0.25) is 0 Å². The van der Waals surface area contributed by atoms with Crippen LogP contribution in [0.2, 0.25) is 0 Å². The molecule has 1 heterocycles. The zero-order valence-electron chi connectivity index (χ0n) is 8.09. The van der Waals surface area contributed by atoms with Crippen molar-refractivity contribution < 1.29 is 19.4 Å². The number of hydrogen-bond acceptors (Lipinski definition) is 5. The number of oxazole rings is 1. The molecule has 0 bridgehead atoms. The van der Waals surface area contributed by atoms with Crippen LogP contribution in [-0.4, -0.2) is 40.9 Å². The van der Waals surface area contributed by atoms with Gasteiger partial charge in [-0.25, -0.2) is 4.79 Å². The van der Waals surface area contributed by atoms with Gasteiger partial charge in [0.2, 0.25) is 0 Å². The highest BCUT2D eigenvalue weighted by Gasteiger charge is 2.14. The number of carboxylic acid groups (broad SMARTS) is 1. The van der Waals surface area contributed by atoms with Crippen LogP contribution in [0.4, 0.5) is 6.01 Å². The topological polar surface area (TPSA) is 86.8 Å². The van der Waals surface area contributed by atoms with Crippen molar-refractivity contribution in [2.24, 2.45) is 0 Å². The van der Waals surface area contributed by atoms with E-state index in [4.69, 9.17) is 14.6 Å². The van der Waals surface area contributed by atoms with Gasteiger partial charge in [-0.1, -0.05) is 6.08 Å². The summed E-state index contributed by atoms with van der Waals surface area (Å²) in [5, 5.41) is 17.4. The van der Waals surface area contributed by atoms with Gasteiger partial charge >= 0.3 is 5.97 Å². The quantitative estimate of drug-likeness (QED) is 0.662. The Morgan fingerprint density at radius 1 is 1.73 bits per heavy atom. The molecule has 0 atom stereocenters. The molecule has 82 valence electrons. The first-order valence-electron chi connectivity index (χ1n) is 4.34. The lowest BCUT2D eigenvalue weighted by Crippen LogP contribution is -2.27. The molecule has 2 N–H and O–H groups in total. The number of nitrogens with zero attached hydrogens (tertiary/aromatic N) is 2.